The minimum Gasteiger partial charge on any atom is -0.456 e. The van der Waals surface area contributed by atoms with Crippen LogP contribution in [0.4, 0.5) is 17.1 Å². The Kier molecular flexibility index (Phi) is 8.66. The third-order valence-electron chi connectivity index (χ3n) is 16.3. The molecule has 1 unspecified atom stereocenters. The van der Waals surface area contributed by atoms with Gasteiger partial charge in [-0.05, 0) is 137 Å². The van der Waals surface area contributed by atoms with Crippen LogP contribution >= 0.6 is 0 Å². The molecule has 2 heteroatoms. The SMILES string of the molecule is CC1(C)c2ccccc2-c2ccc(N(c3ccc4c(c3)-c3ccccc3-c3ccccc3C43c4ccccc4-c4c3ccc3oc5ccccc5c43)c3ccccc3-c3ccc(-c4ccccc4)cc3)cc21. The van der Waals surface area contributed by atoms with E-state index in [-0.39, 0.29) is 5.41 Å². The van der Waals surface area contributed by atoms with Gasteiger partial charge in [-0.2, -0.15) is 0 Å². The van der Waals surface area contributed by atoms with E-state index in [0.717, 1.165) is 44.7 Å². The first-order chi connectivity index (χ1) is 35.5. The first-order valence-corrected chi connectivity index (χ1v) is 25.2. The molecule has 2 nitrogen and oxygen atoms in total. The zero-order chi connectivity index (χ0) is 47.7. The molecule has 3 aliphatic carbocycles. The Morgan fingerprint density at radius 2 is 0.833 bits per heavy atom. The highest BCUT2D eigenvalue weighted by Gasteiger charge is 2.50. The van der Waals surface area contributed by atoms with E-state index in [9.17, 15) is 0 Å². The molecule has 12 aromatic rings. The van der Waals surface area contributed by atoms with Gasteiger partial charge in [0.05, 0.1) is 11.1 Å². The molecular weight excluding hydrogens is 871 g/mol. The molecule has 1 heterocycles. The lowest BCUT2D eigenvalue weighted by molar-refractivity contribution is 0.660. The normalized spacial score (nSPS) is 15.2. The summed E-state index contributed by atoms with van der Waals surface area (Å²) in [4.78, 5) is 2.52. The van der Waals surface area contributed by atoms with Gasteiger partial charge >= 0.3 is 0 Å². The van der Waals surface area contributed by atoms with E-state index in [1.165, 1.54) is 94.4 Å². The van der Waals surface area contributed by atoms with Crippen LogP contribution in [0.1, 0.15) is 47.2 Å². The van der Waals surface area contributed by atoms with Crippen molar-refractivity contribution in [1.82, 2.24) is 0 Å². The second-order valence-electron chi connectivity index (χ2n) is 20.3. The predicted molar refractivity (Wildman–Crippen MR) is 299 cm³/mol. The van der Waals surface area contributed by atoms with Crippen molar-refractivity contribution in [2.75, 3.05) is 4.90 Å². The first kappa shape index (κ1) is 40.9. The second-order valence-corrected chi connectivity index (χ2v) is 20.3. The summed E-state index contributed by atoms with van der Waals surface area (Å²) in [7, 11) is 0. The quantitative estimate of drug-likeness (QED) is 0.171. The molecule has 0 aliphatic heterocycles. The van der Waals surface area contributed by atoms with Crippen molar-refractivity contribution in [1.29, 1.82) is 0 Å². The summed E-state index contributed by atoms with van der Waals surface area (Å²) in [6.07, 6.45) is 0. The summed E-state index contributed by atoms with van der Waals surface area (Å²) in [6.45, 7) is 4.75. The number of hydrogen-bond donors (Lipinski definition) is 0. The zero-order valence-electron chi connectivity index (χ0n) is 40.0. The number of benzene rings is 11. The number of anilines is 3. The van der Waals surface area contributed by atoms with Crippen molar-refractivity contribution in [3.8, 4) is 66.8 Å². The van der Waals surface area contributed by atoms with E-state index in [1.54, 1.807) is 0 Å². The summed E-state index contributed by atoms with van der Waals surface area (Å²) in [5.74, 6) is 0. The fourth-order valence-electron chi connectivity index (χ4n) is 13.2. The van der Waals surface area contributed by atoms with Gasteiger partial charge in [-0.1, -0.05) is 220 Å². The van der Waals surface area contributed by atoms with Gasteiger partial charge < -0.3 is 9.32 Å². The maximum absolute atomic E-state index is 6.63. The van der Waals surface area contributed by atoms with Crippen LogP contribution in [0, 0.1) is 0 Å². The van der Waals surface area contributed by atoms with Crippen molar-refractivity contribution in [2.45, 2.75) is 24.7 Å². The fraction of sp³-hybridized carbons (Fsp3) is 0.0571. The lowest BCUT2D eigenvalue weighted by Crippen LogP contribution is -2.29. The first-order valence-electron chi connectivity index (χ1n) is 25.2. The third kappa shape index (κ3) is 5.61. The molecule has 72 heavy (non-hydrogen) atoms. The number of fused-ring (bicyclic) bond motifs is 19. The standard InChI is InChI=1S/C70H47NO/c1-69(2)58-27-13-8-24-53(58)54-38-36-48(43-63(54)69)71(64-30-16-11-20-49(64)46-34-32-45(33-35-46)44-18-4-3-5-19-44)47-37-39-61-57(42-47)51-22-7-6-21-50(51)52-23-9-14-28-59(52)70(61)60-29-15-10-25-55(60)67-62(70)40-41-66-68(67)56-26-12-17-31-65(56)72-66/h3-43H,1-2H3. The maximum atomic E-state index is 6.63. The van der Waals surface area contributed by atoms with Gasteiger partial charge in [0.25, 0.3) is 0 Å². The highest BCUT2D eigenvalue weighted by Crippen LogP contribution is 2.64. The van der Waals surface area contributed by atoms with E-state index in [4.69, 9.17) is 4.42 Å². The minimum atomic E-state index is -0.658. The second kappa shape index (κ2) is 15.3. The summed E-state index contributed by atoms with van der Waals surface area (Å²) in [6, 6.07) is 92.6. The van der Waals surface area contributed by atoms with Crippen LogP contribution in [-0.4, -0.2) is 0 Å². The average Bonchev–Trinajstić information content (AvgIpc) is 4.03. The van der Waals surface area contributed by atoms with Crippen molar-refractivity contribution >= 4 is 39.0 Å². The van der Waals surface area contributed by atoms with Crippen molar-refractivity contribution in [3.05, 3.63) is 282 Å². The maximum Gasteiger partial charge on any atom is 0.136 e. The molecule has 1 atom stereocenters. The van der Waals surface area contributed by atoms with Crippen molar-refractivity contribution in [2.24, 2.45) is 0 Å². The molecule has 0 N–H and O–H groups in total. The monoisotopic (exact) mass is 917 g/mol. The Morgan fingerprint density at radius 3 is 1.61 bits per heavy atom. The summed E-state index contributed by atoms with van der Waals surface area (Å²) < 4.78 is 6.63. The number of hydrogen-bond acceptors (Lipinski definition) is 2. The van der Waals surface area contributed by atoms with Crippen LogP contribution in [0.15, 0.2) is 253 Å². The van der Waals surface area contributed by atoms with E-state index < -0.39 is 5.41 Å². The van der Waals surface area contributed by atoms with E-state index >= 15 is 0 Å². The van der Waals surface area contributed by atoms with Gasteiger partial charge in [0.15, 0.2) is 0 Å². The van der Waals surface area contributed by atoms with Crippen LogP contribution in [-0.2, 0) is 10.8 Å². The van der Waals surface area contributed by atoms with Gasteiger partial charge in [-0.25, -0.2) is 0 Å². The zero-order valence-corrected chi connectivity index (χ0v) is 40.0. The molecule has 0 radical (unpaired) electrons. The number of furan rings is 1. The molecule has 0 saturated heterocycles. The van der Waals surface area contributed by atoms with Crippen molar-refractivity contribution < 1.29 is 4.42 Å². The molecule has 1 aromatic heterocycles. The Hall–Kier alpha value is -8.98. The van der Waals surface area contributed by atoms with E-state index in [2.05, 4.69) is 267 Å². The van der Waals surface area contributed by atoms with E-state index in [1.807, 2.05) is 0 Å². The highest BCUT2D eigenvalue weighted by atomic mass is 16.3. The number of rotatable bonds is 5. The Bertz CT molecular complexity index is 4190. The molecule has 0 bridgehead atoms. The molecule has 0 amide bonds. The van der Waals surface area contributed by atoms with Gasteiger partial charge in [-0.3, -0.25) is 0 Å². The predicted octanol–water partition coefficient (Wildman–Crippen LogP) is 18.7. The largest absolute Gasteiger partial charge is 0.456 e. The molecule has 0 fully saturated rings. The van der Waals surface area contributed by atoms with E-state index in [0.29, 0.717) is 0 Å². The van der Waals surface area contributed by atoms with Crippen LogP contribution in [0.5, 0.6) is 0 Å². The Labute approximate surface area is 419 Å². The van der Waals surface area contributed by atoms with Gasteiger partial charge in [0, 0.05) is 33.1 Å². The fourth-order valence-corrected chi connectivity index (χ4v) is 13.2. The summed E-state index contributed by atoms with van der Waals surface area (Å²) in [5.41, 5.74) is 26.9. The van der Waals surface area contributed by atoms with Gasteiger partial charge in [0.2, 0.25) is 0 Å². The smallest absolute Gasteiger partial charge is 0.136 e. The number of nitrogens with zero attached hydrogens (tertiary/aromatic N) is 1. The molecule has 15 rings (SSSR count). The third-order valence-corrected chi connectivity index (χ3v) is 16.3. The highest BCUT2D eigenvalue weighted by molar-refractivity contribution is 6.16. The molecule has 338 valence electrons. The van der Waals surface area contributed by atoms with Crippen LogP contribution in [0.25, 0.3) is 88.7 Å². The number of para-hydroxylation sites is 2. The topological polar surface area (TPSA) is 16.4 Å². The molecule has 1 spiro atoms. The molecular formula is C70H47NO. The summed E-state index contributed by atoms with van der Waals surface area (Å²) in [5, 5.41) is 2.31. The van der Waals surface area contributed by atoms with Crippen LogP contribution in [0.3, 0.4) is 0 Å². The Balaban J connectivity index is 1.01. The van der Waals surface area contributed by atoms with Gasteiger partial charge in [-0.15, -0.1) is 0 Å². The molecule has 11 aromatic carbocycles. The Morgan fingerprint density at radius 1 is 0.319 bits per heavy atom. The average molecular weight is 918 g/mol. The molecule has 0 saturated carbocycles. The lowest BCUT2D eigenvalue weighted by Gasteiger charge is -2.36. The van der Waals surface area contributed by atoms with Gasteiger partial charge in [0.1, 0.15) is 11.2 Å². The summed E-state index contributed by atoms with van der Waals surface area (Å²) >= 11 is 0. The van der Waals surface area contributed by atoms with Crippen LogP contribution < -0.4 is 4.90 Å². The lowest BCUT2D eigenvalue weighted by atomic mass is 9.66. The minimum absolute atomic E-state index is 0.180. The van der Waals surface area contributed by atoms with Crippen molar-refractivity contribution in [3.63, 3.8) is 0 Å². The van der Waals surface area contributed by atoms with Crippen LogP contribution in [0.2, 0.25) is 0 Å². The molecule has 3 aliphatic rings.